The van der Waals surface area contributed by atoms with Crippen LogP contribution in [0.4, 0.5) is 0 Å². The highest BCUT2D eigenvalue weighted by Gasteiger charge is 2.23. The van der Waals surface area contributed by atoms with Gasteiger partial charge >= 0.3 is 0 Å². The van der Waals surface area contributed by atoms with Crippen molar-refractivity contribution in [2.45, 2.75) is 25.9 Å². The van der Waals surface area contributed by atoms with Gasteiger partial charge in [-0.25, -0.2) is 0 Å². The van der Waals surface area contributed by atoms with Crippen LogP contribution >= 0.6 is 11.6 Å². The minimum Gasteiger partial charge on any atom is -0.496 e. The van der Waals surface area contributed by atoms with Crippen molar-refractivity contribution < 1.29 is 9.47 Å². The summed E-state index contributed by atoms with van der Waals surface area (Å²) in [6, 6.07) is 6.19. The van der Waals surface area contributed by atoms with E-state index in [1.807, 2.05) is 18.2 Å². The lowest BCUT2D eigenvalue weighted by Gasteiger charge is -2.36. The maximum Gasteiger partial charge on any atom is 0.123 e. The molecule has 1 aliphatic rings. The number of halogens is 1. The van der Waals surface area contributed by atoms with E-state index >= 15 is 0 Å². The lowest BCUT2D eigenvalue weighted by atomic mass is 10.1. The van der Waals surface area contributed by atoms with E-state index in [2.05, 4.69) is 17.1 Å². The summed E-state index contributed by atoms with van der Waals surface area (Å²) in [4.78, 5) is 2.44. The van der Waals surface area contributed by atoms with E-state index in [1.54, 1.807) is 7.11 Å². The van der Waals surface area contributed by atoms with Gasteiger partial charge in [0.25, 0.3) is 0 Å². The van der Waals surface area contributed by atoms with Gasteiger partial charge in [-0.05, 0) is 31.2 Å². The molecule has 0 aliphatic carbocycles. The fourth-order valence-electron chi connectivity index (χ4n) is 2.62. The van der Waals surface area contributed by atoms with Gasteiger partial charge in [0.05, 0.1) is 20.3 Å². The van der Waals surface area contributed by atoms with E-state index in [-0.39, 0.29) is 0 Å². The summed E-state index contributed by atoms with van der Waals surface area (Å²) in [7, 11) is 1.70. The molecule has 4 nitrogen and oxygen atoms in total. The van der Waals surface area contributed by atoms with Crippen LogP contribution in [-0.4, -0.2) is 50.9 Å². The molecule has 1 N–H and O–H groups in total. The second kappa shape index (κ2) is 8.59. The summed E-state index contributed by atoms with van der Waals surface area (Å²) < 4.78 is 11.1. The van der Waals surface area contributed by atoms with Gasteiger partial charge in [-0.3, -0.25) is 4.90 Å². The second-order valence-corrected chi connectivity index (χ2v) is 5.80. The highest BCUT2D eigenvalue weighted by atomic mass is 35.5. The number of hydrogen-bond donors (Lipinski definition) is 1. The topological polar surface area (TPSA) is 33.7 Å². The molecule has 1 aromatic rings. The fourth-order valence-corrected chi connectivity index (χ4v) is 2.82. The van der Waals surface area contributed by atoms with Gasteiger partial charge in [0.15, 0.2) is 0 Å². The van der Waals surface area contributed by atoms with Crippen LogP contribution in [0.2, 0.25) is 5.02 Å². The highest BCUT2D eigenvalue weighted by Crippen LogP contribution is 2.25. The molecule has 1 atom stereocenters. The molecule has 1 aliphatic heterocycles. The Morgan fingerprint density at radius 3 is 3.10 bits per heavy atom. The van der Waals surface area contributed by atoms with E-state index in [9.17, 15) is 0 Å². The first-order valence-electron chi connectivity index (χ1n) is 7.59. The third-order valence-electron chi connectivity index (χ3n) is 3.77. The molecule has 1 fully saturated rings. The first-order valence-corrected chi connectivity index (χ1v) is 7.97. The monoisotopic (exact) mass is 312 g/mol. The smallest absolute Gasteiger partial charge is 0.123 e. The van der Waals surface area contributed by atoms with Crippen LogP contribution in [0.15, 0.2) is 18.2 Å². The molecule has 0 radical (unpaired) electrons. The van der Waals surface area contributed by atoms with Crippen LogP contribution in [0.1, 0.15) is 18.9 Å². The summed E-state index contributed by atoms with van der Waals surface area (Å²) in [6.07, 6.45) is 1.15. The minimum atomic E-state index is 0.397. The Balaban J connectivity index is 2.02. The SMILES string of the molecule is CCCNCC1COCCN1Cc1cc(Cl)ccc1OC. The lowest BCUT2D eigenvalue weighted by Crippen LogP contribution is -2.49. The number of benzene rings is 1. The molecule has 2 rings (SSSR count). The summed E-state index contributed by atoms with van der Waals surface area (Å²) in [6.45, 7) is 7.52. The van der Waals surface area contributed by atoms with Gasteiger partial charge in [-0.15, -0.1) is 0 Å². The number of rotatable bonds is 7. The number of morpholine rings is 1. The summed E-state index contributed by atoms with van der Waals surface area (Å²) >= 11 is 6.12. The van der Waals surface area contributed by atoms with Crippen molar-refractivity contribution >= 4 is 11.6 Å². The number of nitrogens with zero attached hydrogens (tertiary/aromatic N) is 1. The van der Waals surface area contributed by atoms with Gasteiger partial charge in [-0.1, -0.05) is 18.5 Å². The zero-order valence-corrected chi connectivity index (χ0v) is 13.7. The molecule has 0 spiro atoms. The predicted molar refractivity (Wildman–Crippen MR) is 86.2 cm³/mol. The van der Waals surface area contributed by atoms with E-state index in [1.165, 1.54) is 0 Å². The van der Waals surface area contributed by atoms with Gasteiger partial charge in [0.2, 0.25) is 0 Å². The standard InChI is InChI=1S/C16H25ClN2O2/c1-3-6-18-10-15-12-21-8-7-19(15)11-13-9-14(17)4-5-16(13)20-2/h4-5,9,15,18H,3,6-8,10-12H2,1-2H3. The van der Waals surface area contributed by atoms with Crippen molar-refractivity contribution in [3.8, 4) is 5.75 Å². The number of hydrogen-bond acceptors (Lipinski definition) is 4. The highest BCUT2D eigenvalue weighted by molar-refractivity contribution is 6.30. The van der Waals surface area contributed by atoms with E-state index in [4.69, 9.17) is 21.1 Å². The molecular weight excluding hydrogens is 288 g/mol. The Kier molecular flexibility index (Phi) is 6.77. The Morgan fingerprint density at radius 2 is 2.33 bits per heavy atom. The zero-order chi connectivity index (χ0) is 15.1. The molecule has 0 aromatic heterocycles. The summed E-state index contributed by atoms with van der Waals surface area (Å²) in [5, 5.41) is 4.23. The van der Waals surface area contributed by atoms with Crippen LogP contribution in [0.3, 0.4) is 0 Å². The van der Waals surface area contributed by atoms with Gasteiger partial charge in [0, 0.05) is 36.3 Å². The predicted octanol–water partition coefficient (Wildman–Crippen LogP) is 2.55. The number of methoxy groups -OCH3 is 1. The van der Waals surface area contributed by atoms with E-state index in [0.717, 1.165) is 62.1 Å². The number of nitrogens with one attached hydrogen (secondary N) is 1. The molecular formula is C16H25ClN2O2. The Morgan fingerprint density at radius 1 is 1.48 bits per heavy atom. The zero-order valence-electron chi connectivity index (χ0n) is 12.9. The molecule has 5 heteroatoms. The molecule has 1 heterocycles. The molecule has 1 aromatic carbocycles. The maximum absolute atomic E-state index is 6.12. The van der Waals surface area contributed by atoms with E-state index in [0.29, 0.717) is 6.04 Å². The normalized spacial score (nSPS) is 19.7. The quantitative estimate of drug-likeness (QED) is 0.785. The van der Waals surface area contributed by atoms with Crippen molar-refractivity contribution in [1.29, 1.82) is 0 Å². The molecule has 0 bridgehead atoms. The van der Waals surface area contributed by atoms with Gasteiger partial charge < -0.3 is 14.8 Å². The van der Waals surface area contributed by atoms with Crippen molar-refractivity contribution in [2.75, 3.05) is 40.0 Å². The lowest BCUT2D eigenvalue weighted by molar-refractivity contribution is -0.0111. The van der Waals surface area contributed by atoms with Crippen molar-refractivity contribution in [2.24, 2.45) is 0 Å². The molecule has 1 saturated heterocycles. The van der Waals surface area contributed by atoms with Crippen molar-refractivity contribution in [3.05, 3.63) is 28.8 Å². The molecule has 1 unspecified atom stereocenters. The van der Waals surface area contributed by atoms with Crippen molar-refractivity contribution in [1.82, 2.24) is 10.2 Å². The van der Waals surface area contributed by atoms with Crippen molar-refractivity contribution in [3.63, 3.8) is 0 Å². The van der Waals surface area contributed by atoms with Crippen LogP contribution in [0, 0.1) is 0 Å². The maximum atomic E-state index is 6.12. The average Bonchev–Trinajstić information content (AvgIpc) is 2.49. The van der Waals surface area contributed by atoms with Crippen LogP contribution in [0.5, 0.6) is 5.75 Å². The molecule has 0 saturated carbocycles. The summed E-state index contributed by atoms with van der Waals surface area (Å²) in [5.41, 5.74) is 1.13. The third-order valence-corrected chi connectivity index (χ3v) is 4.01. The number of ether oxygens (including phenoxy) is 2. The average molecular weight is 313 g/mol. The van der Waals surface area contributed by atoms with Crippen LogP contribution in [-0.2, 0) is 11.3 Å². The first kappa shape index (κ1) is 16.6. The third kappa shape index (κ3) is 4.85. The van der Waals surface area contributed by atoms with Gasteiger partial charge in [-0.2, -0.15) is 0 Å². The second-order valence-electron chi connectivity index (χ2n) is 5.36. The Hall–Kier alpha value is -0.810. The van der Waals surface area contributed by atoms with Crippen LogP contribution in [0.25, 0.3) is 0 Å². The fraction of sp³-hybridized carbons (Fsp3) is 0.625. The molecule has 0 amide bonds. The van der Waals surface area contributed by atoms with Gasteiger partial charge in [0.1, 0.15) is 5.75 Å². The van der Waals surface area contributed by atoms with E-state index < -0.39 is 0 Å². The Labute approximate surface area is 132 Å². The Bertz CT molecular complexity index is 442. The molecule has 118 valence electrons. The summed E-state index contributed by atoms with van der Waals surface area (Å²) in [5.74, 6) is 0.895. The molecule has 21 heavy (non-hydrogen) atoms. The minimum absolute atomic E-state index is 0.397. The van der Waals surface area contributed by atoms with Crippen LogP contribution < -0.4 is 10.1 Å². The first-order chi connectivity index (χ1) is 10.2. The largest absolute Gasteiger partial charge is 0.496 e.